The third-order valence-corrected chi connectivity index (χ3v) is 3.21. The first-order chi connectivity index (χ1) is 11.3. The lowest BCUT2D eigenvalue weighted by Crippen LogP contribution is -2.30. The van der Waals surface area contributed by atoms with Gasteiger partial charge in [-0.05, 0) is 38.1 Å². The lowest BCUT2D eigenvalue weighted by molar-refractivity contribution is -0.123. The number of aryl methyl sites for hydroxylation is 1. The molecule has 5 nitrogen and oxygen atoms in total. The van der Waals surface area contributed by atoms with Crippen molar-refractivity contribution in [2.45, 2.75) is 20.0 Å². The Hall–Kier alpha value is -2.96. The topological polar surface area (TPSA) is 75.6 Å². The Morgan fingerprint density at radius 1 is 1.17 bits per heavy atom. The zero-order valence-electron chi connectivity index (χ0n) is 13.0. The van der Waals surface area contributed by atoms with E-state index in [2.05, 4.69) is 5.32 Å². The highest BCUT2D eigenvalue weighted by Gasteiger charge is 2.22. The lowest BCUT2D eigenvalue weighted by atomic mass is 10.1. The number of hydrogen-bond donors (Lipinski definition) is 2. The molecular formula is C17H15F2NO4. The molecule has 1 unspecified atom stereocenters. The number of phenolic OH excluding ortho intramolecular Hbond substituents is 1. The van der Waals surface area contributed by atoms with Crippen LogP contribution in [0.3, 0.4) is 0 Å². The number of carbonyl (C=O) groups is 2. The van der Waals surface area contributed by atoms with Crippen molar-refractivity contribution in [1.29, 1.82) is 0 Å². The number of hydrogen-bond acceptors (Lipinski definition) is 4. The molecule has 24 heavy (non-hydrogen) atoms. The molecule has 7 heteroatoms. The van der Waals surface area contributed by atoms with Gasteiger partial charge in [0.2, 0.25) is 0 Å². The number of benzene rings is 2. The van der Waals surface area contributed by atoms with Crippen molar-refractivity contribution < 1.29 is 28.2 Å². The molecule has 2 aromatic carbocycles. The minimum Gasteiger partial charge on any atom is -0.507 e. The third kappa shape index (κ3) is 4.07. The van der Waals surface area contributed by atoms with Gasteiger partial charge in [0.25, 0.3) is 5.91 Å². The van der Waals surface area contributed by atoms with Crippen LogP contribution in [-0.4, -0.2) is 23.1 Å². The molecule has 0 aliphatic heterocycles. The van der Waals surface area contributed by atoms with E-state index in [1.807, 2.05) is 0 Å². The molecule has 0 aliphatic rings. The highest BCUT2D eigenvalue weighted by molar-refractivity contribution is 5.98. The Morgan fingerprint density at radius 3 is 2.54 bits per heavy atom. The van der Waals surface area contributed by atoms with E-state index in [0.29, 0.717) is 6.07 Å². The Kier molecular flexibility index (Phi) is 5.13. The summed E-state index contributed by atoms with van der Waals surface area (Å²) < 4.78 is 31.3. The Balaban J connectivity index is 2.05. The van der Waals surface area contributed by atoms with Crippen molar-refractivity contribution in [2.24, 2.45) is 0 Å². The molecule has 2 N–H and O–H groups in total. The van der Waals surface area contributed by atoms with E-state index in [9.17, 15) is 23.5 Å². The molecule has 0 aliphatic carbocycles. The monoisotopic (exact) mass is 335 g/mol. The van der Waals surface area contributed by atoms with Crippen molar-refractivity contribution in [1.82, 2.24) is 0 Å². The lowest BCUT2D eigenvalue weighted by Gasteiger charge is -2.14. The summed E-state index contributed by atoms with van der Waals surface area (Å²) in [5.74, 6) is -3.68. The van der Waals surface area contributed by atoms with Crippen LogP contribution < -0.4 is 5.32 Å². The summed E-state index contributed by atoms with van der Waals surface area (Å²) in [5, 5.41) is 11.9. The molecule has 1 amide bonds. The zero-order valence-corrected chi connectivity index (χ0v) is 13.0. The summed E-state index contributed by atoms with van der Waals surface area (Å²) in [6.45, 7) is 3.02. The number of anilines is 1. The zero-order chi connectivity index (χ0) is 17.9. The van der Waals surface area contributed by atoms with E-state index in [0.717, 1.165) is 17.7 Å². The number of ether oxygens (including phenoxy) is 1. The predicted molar refractivity (Wildman–Crippen MR) is 82.7 cm³/mol. The largest absolute Gasteiger partial charge is 0.507 e. The van der Waals surface area contributed by atoms with E-state index < -0.39 is 29.6 Å². The highest BCUT2D eigenvalue weighted by atomic mass is 19.1. The summed E-state index contributed by atoms with van der Waals surface area (Å²) in [6, 6.07) is 7.03. The van der Waals surface area contributed by atoms with Crippen LogP contribution in [-0.2, 0) is 9.53 Å². The van der Waals surface area contributed by atoms with E-state index in [1.165, 1.54) is 19.1 Å². The van der Waals surface area contributed by atoms with Crippen molar-refractivity contribution in [2.75, 3.05) is 5.32 Å². The molecule has 0 saturated carbocycles. The quantitative estimate of drug-likeness (QED) is 0.842. The van der Waals surface area contributed by atoms with Gasteiger partial charge in [0.15, 0.2) is 6.10 Å². The van der Waals surface area contributed by atoms with Gasteiger partial charge in [0, 0.05) is 6.07 Å². The Labute approximate surface area is 136 Å². The second-order valence-electron chi connectivity index (χ2n) is 5.18. The number of carbonyl (C=O) groups excluding carboxylic acids is 2. The number of rotatable bonds is 4. The number of amides is 1. The van der Waals surface area contributed by atoms with Crippen molar-refractivity contribution in [3.63, 3.8) is 0 Å². The van der Waals surface area contributed by atoms with Crippen LogP contribution in [0, 0.1) is 18.6 Å². The maximum atomic E-state index is 13.5. The summed E-state index contributed by atoms with van der Waals surface area (Å²) in [5.41, 5.74) is 0.413. The average molecular weight is 335 g/mol. The average Bonchev–Trinajstić information content (AvgIpc) is 2.52. The van der Waals surface area contributed by atoms with Gasteiger partial charge in [0.05, 0.1) is 5.69 Å². The number of phenols is 1. The van der Waals surface area contributed by atoms with Gasteiger partial charge in [-0.3, -0.25) is 4.79 Å². The molecule has 0 saturated heterocycles. The smallest absolute Gasteiger partial charge is 0.342 e. The second kappa shape index (κ2) is 7.08. The molecule has 2 rings (SSSR count). The standard InChI is InChI=1S/C17H15F2NO4/c1-9-3-6-15(21)12(7-9)17(23)24-10(2)16(22)20-14-5-4-11(18)8-13(14)19/h3-8,10,21H,1-2H3,(H,20,22). The molecule has 0 spiro atoms. The van der Waals surface area contributed by atoms with E-state index >= 15 is 0 Å². The van der Waals surface area contributed by atoms with Crippen LogP contribution in [0.25, 0.3) is 0 Å². The first-order valence-corrected chi connectivity index (χ1v) is 7.04. The minimum absolute atomic E-state index is 0.0809. The van der Waals surface area contributed by atoms with E-state index in [-0.39, 0.29) is 17.0 Å². The third-order valence-electron chi connectivity index (χ3n) is 3.21. The van der Waals surface area contributed by atoms with Crippen molar-refractivity contribution in [3.8, 4) is 5.75 Å². The van der Waals surface area contributed by atoms with Gasteiger partial charge in [-0.25, -0.2) is 13.6 Å². The number of aromatic hydroxyl groups is 1. The summed E-state index contributed by atoms with van der Waals surface area (Å²) in [4.78, 5) is 24.0. The van der Waals surface area contributed by atoms with Gasteiger partial charge in [0.1, 0.15) is 22.9 Å². The number of esters is 1. The van der Waals surface area contributed by atoms with Gasteiger partial charge in [-0.15, -0.1) is 0 Å². The maximum Gasteiger partial charge on any atom is 0.342 e. The maximum absolute atomic E-state index is 13.5. The van der Waals surface area contributed by atoms with E-state index in [1.54, 1.807) is 13.0 Å². The van der Waals surface area contributed by atoms with Crippen LogP contribution in [0.5, 0.6) is 5.75 Å². The van der Waals surface area contributed by atoms with Gasteiger partial charge >= 0.3 is 5.97 Å². The van der Waals surface area contributed by atoms with Gasteiger partial charge in [-0.1, -0.05) is 11.6 Å². The Bertz CT molecular complexity index is 792. The fraction of sp³-hybridized carbons (Fsp3) is 0.176. The molecule has 126 valence electrons. The molecular weight excluding hydrogens is 320 g/mol. The fourth-order valence-electron chi connectivity index (χ4n) is 1.92. The normalized spacial score (nSPS) is 11.7. The van der Waals surface area contributed by atoms with Gasteiger partial charge in [-0.2, -0.15) is 0 Å². The molecule has 0 aromatic heterocycles. The summed E-state index contributed by atoms with van der Waals surface area (Å²) in [6.07, 6.45) is -1.25. The van der Waals surface area contributed by atoms with E-state index in [4.69, 9.17) is 4.74 Å². The van der Waals surface area contributed by atoms with Crippen LogP contribution in [0.2, 0.25) is 0 Å². The SMILES string of the molecule is Cc1ccc(O)c(C(=O)OC(C)C(=O)Nc2ccc(F)cc2F)c1. The fourth-order valence-corrected chi connectivity index (χ4v) is 1.92. The minimum atomic E-state index is -1.25. The van der Waals surface area contributed by atoms with Crippen molar-refractivity contribution in [3.05, 3.63) is 59.2 Å². The molecule has 1 atom stereocenters. The summed E-state index contributed by atoms with van der Waals surface area (Å²) >= 11 is 0. The van der Waals surface area contributed by atoms with Crippen LogP contribution >= 0.6 is 0 Å². The molecule has 0 fully saturated rings. The number of nitrogens with one attached hydrogen (secondary N) is 1. The van der Waals surface area contributed by atoms with Crippen LogP contribution in [0.4, 0.5) is 14.5 Å². The Morgan fingerprint density at radius 2 is 1.88 bits per heavy atom. The van der Waals surface area contributed by atoms with Crippen LogP contribution in [0.1, 0.15) is 22.8 Å². The molecule has 0 radical (unpaired) electrons. The molecule has 0 bridgehead atoms. The van der Waals surface area contributed by atoms with Gasteiger partial charge < -0.3 is 15.2 Å². The highest BCUT2D eigenvalue weighted by Crippen LogP contribution is 2.20. The predicted octanol–water partition coefficient (Wildman–Crippen LogP) is 3.16. The first kappa shape index (κ1) is 17.4. The van der Waals surface area contributed by atoms with Crippen LogP contribution in [0.15, 0.2) is 36.4 Å². The number of halogens is 2. The first-order valence-electron chi connectivity index (χ1n) is 7.04. The van der Waals surface area contributed by atoms with Crippen molar-refractivity contribution >= 4 is 17.6 Å². The molecule has 2 aromatic rings. The molecule has 0 heterocycles. The second-order valence-corrected chi connectivity index (χ2v) is 5.18. The summed E-state index contributed by atoms with van der Waals surface area (Å²) in [7, 11) is 0.